The molecule has 46 valence electrons. The molecule has 0 aliphatic rings. The molecular formula is C5H11BO2. The van der Waals surface area contributed by atoms with Gasteiger partial charge < -0.3 is 9.76 Å². The molecule has 0 aliphatic carbocycles. The van der Waals surface area contributed by atoms with Gasteiger partial charge in [0.25, 0.3) is 8.05 Å². The number of hydrogen-bond donors (Lipinski definition) is 1. The molecule has 0 aromatic rings. The van der Waals surface area contributed by atoms with Gasteiger partial charge in [-0.05, 0) is 0 Å². The molecule has 0 aliphatic heterocycles. The summed E-state index contributed by atoms with van der Waals surface area (Å²) in [6, 6.07) is 0. The molecule has 0 atom stereocenters. The van der Waals surface area contributed by atoms with Crippen molar-refractivity contribution >= 4 is 8.05 Å². The third-order valence-electron chi connectivity index (χ3n) is 0.902. The van der Waals surface area contributed by atoms with E-state index in [4.69, 9.17) is 13.2 Å². The number of hydrogen-bond acceptors (Lipinski definition) is 2. The Morgan fingerprint density at radius 2 is 2.12 bits per heavy atom. The molecule has 0 saturated carbocycles. The first-order valence-corrected chi connectivity index (χ1v) is 2.55. The van der Waals surface area contributed by atoms with Crippen molar-refractivity contribution in [1.29, 1.82) is 0 Å². The lowest BCUT2D eigenvalue weighted by atomic mass is 9.96. The minimum Gasteiger partial charge on any atom is -0.447 e. The Morgan fingerprint density at radius 3 is 2.25 bits per heavy atom. The zero-order valence-electron chi connectivity index (χ0n) is 5.35. The normalized spacial score (nSPS) is 11.9. The van der Waals surface area contributed by atoms with Crippen LogP contribution in [0, 0.1) is 5.41 Å². The van der Waals surface area contributed by atoms with E-state index in [9.17, 15) is 0 Å². The lowest BCUT2D eigenvalue weighted by Crippen LogP contribution is -2.22. The highest BCUT2D eigenvalue weighted by Crippen LogP contribution is 2.12. The molecule has 0 amide bonds. The van der Waals surface area contributed by atoms with Crippen LogP contribution >= 0.6 is 0 Å². The van der Waals surface area contributed by atoms with E-state index >= 15 is 0 Å². The Balaban J connectivity index is 3.37. The smallest absolute Gasteiger partial charge is 0.282 e. The van der Waals surface area contributed by atoms with Crippen molar-refractivity contribution in [3.8, 4) is 0 Å². The predicted octanol–water partition coefficient (Wildman–Crippen LogP) is 0.105. The summed E-state index contributed by atoms with van der Waals surface area (Å²) in [5.41, 5.74) is -0.200. The largest absolute Gasteiger partial charge is 0.447 e. The summed E-state index contributed by atoms with van der Waals surface area (Å²) < 4.78 is 4.34. The van der Waals surface area contributed by atoms with E-state index in [1.54, 1.807) is 0 Å². The van der Waals surface area contributed by atoms with Gasteiger partial charge >= 0.3 is 0 Å². The first-order valence-electron chi connectivity index (χ1n) is 2.55. The second kappa shape index (κ2) is 3.10. The molecule has 2 radical (unpaired) electrons. The molecule has 0 fully saturated rings. The van der Waals surface area contributed by atoms with E-state index in [-0.39, 0.29) is 12.0 Å². The minimum atomic E-state index is -0.200. The highest BCUT2D eigenvalue weighted by atomic mass is 16.4. The number of rotatable bonds is 3. The van der Waals surface area contributed by atoms with Crippen molar-refractivity contribution in [2.75, 3.05) is 13.2 Å². The van der Waals surface area contributed by atoms with Crippen molar-refractivity contribution in [1.82, 2.24) is 0 Å². The fourth-order valence-electron chi connectivity index (χ4n) is 0.271. The molecule has 0 bridgehead atoms. The van der Waals surface area contributed by atoms with E-state index in [1.165, 1.54) is 0 Å². The van der Waals surface area contributed by atoms with Crippen LogP contribution in [0.1, 0.15) is 13.8 Å². The zero-order valence-corrected chi connectivity index (χ0v) is 5.35. The topological polar surface area (TPSA) is 29.5 Å². The van der Waals surface area contributed by atoms with Crippen LogP contribution in [0.25, 0.3) is 0 Å². The summed E-state index contributed by atoms with van der Waals surface area (Å²) in [5, 5.41) is 8.59. The summed E-state index contributed by atoms with van der Waals surface area (Å²) in [5.74, 6) is 0. The Hall–Kier alpha value is -0.0151. The molecule has 2 nitrogen and oxygen atoms in total. The molecule has 1 N–H and O–H groups in total. The van der Waals surface area contributed by atoms with Gasteiger partial charge in [0.05, 0.1) is 6.61 Å². The average Bonchev–Trinajstić information content (AvgIpc) is 1.67. The molecule has 0 heterocycles. The second-order valence-electron chi connectivity index (χ2n) is 2.63. The average molecular weight is 114 g/mol. The van der Waals surface area contributed by atoms with E-state index in [1.807, 2.05) is 13.8 Å². The van der Waals surface area contributed by atoms with Gasteiger partial charge in [0.2, 0.25) is 0 Å². The van der Waals surface area contributed by atoms with Crippen molar-refractivity contribution in [3.05, 3.63) is 0 Å². The Labute approximate surface area is 51.3 Å². The van der Waals surface area contributed by atoms with Crippen LogP contribution in [-0.2, 0) is 4.65 Å². The van der Waals surface area contributed by atoms with E-state index < -0.39 is 0 Å². The standard InChI is InChI=1S/C5H11BO2/c1-5(2,3-7)4-8-6/h7H,3-4H2,1-2H3. The summed E-state index contributed by atoms with van der Waals surface area (Å²) in [7, 11) is 4.78. The third-order valence-corrected chi connectivity index (χ3v) is 0.902. The van der Waals surface area contributed by atoms with Crippen molar-refractivity contribution in [2.45, 2.75) is 13.8 Å². The molecule has 0 aromatic carbocycles. The molecule has 0 rings (SSSR count). The van der Waals surface area contributed by atoms with Crippen molar-refractivity contribution in [2.24, 2.45) is 5.41 Å². The van der Waals surface area contributed by atoms with Crippen LogP contribution in [0.4, 0.5) is 0 Å². The lowest BCUT2D eigenvalue weighted by molar-refractivity contribution is 0.103. The van der Waals surface area contributed by atoms with Gasteiger partial charge in [-0.3, -0.25) is 0 Å². The highest BCUT2D eigenvalue weighted by Gasteiger charge is 2.14. The summed E-state index contributed by atoms with van der Waals surface area (Å²) in [6.45, 7) is 4.24. The quantitative estimate of drug-likeness (QED) is 0.527. The van der Waals surface area contributed by atoms with Gasteiger partial charge in [-0.1, -0.05) is 13.8 Å². The first-order chi connectivity index (χ1) is 3.62. The lowest BCUT2D eigenvalue weighted by Gasteiger charge is -2.19. The molecule has 0 saturated heterocycles. The summed E-state index contributed by atoms with van der Waals surface area (Å²) >= 11 is 0. The molecule has 0 aromatic heterocycles. The van der Waals surface area contributed by atoms with Gasteiger partial charge in [-0.15, -0.1) is 0 Å². The van der Waals surface area contributed by atoms with Crippen molar-refractivity contribution in [3.63, 3.8) is 0 Å². The number of aliphatic hydroxyl groups excluding tert-OH is 1. The van der Waals surface area contributed by atoms with Gasteiger partial charge in [0.15, 0.2) is 0 Å². The van der Waals surface area contributed by atoms with Crippen LogP contribution in [0.15, 0.2) is 0 Å². The Bertz CT molecular complexity index is 63.4. The summed E-state index contributed by atoms with van der Waals surface area (Å²) in [6.07, 6.45) is 0. The van der Waals surface area contributed by atoms with Crippen LogP contribution in [0.5, 0.6) is 0 Å². The molecule has 3 heteroatoms. The predicted molar refractivity (Wildman–Crippen MR) is 32.6 cm³/mol. The number of aliphatic hydroxyl groups is 1. The van der Waals surface area contributed by atoms with Gasteiger partial charge in [0.1, 0.15) is 0 Å². The van der Waals surface area contributed by atoms with Crippen LogP contribution in [0.3, 0.4) is 0 Å². The SMILES string of the molecule is [B]OCC(C)(C)CO. The molecule has 8 heavy (non-hydrogen) atoms. The van der Waals surface area contributed by atoms with Gasteiger partial charge in [0, 0.05) is 12.0 Å². The second-order valence-corrected chi connectivity index (χ2v) is 2.63. The molecular weight excluding hydrogens is 103 g/mol. The molecule has 0 spiro atoms. The van der Waals surface area contributed by atoms with Crippen molar-refractivity contribution < 1.29 is 9.76 Å². The zero-order chi connectivity index (χ0) is 6.62. The maximum atomic E-state index is 8.59. The summed E-state index contributed by atoms with van der Waals surface area (Å²) in [4.78, 5) is 0. The minimum absolute atomic E-state index is 0.101. The highest BCUT2D eigenvalue weighted by molar-refractivity contribution is 5.97. The Morgan fingerprint density at radius 1 is 1.62 bits per heavy atom. The van der Waals surface area contributed by atoms with Crippen LogP contribution in [-0.4, -0.2) is 26.4 Å². The van der Waals surface area contributed by atoms with Crippen LogP contribution in [0.2, 0.25) is 0 Å². The van der Waals surface area contributed by atoms with Crippen LogP contribution < -0.4 is 0 Å². The van der Waals surface area contributed by atoms with E-state index in [2.05, 4.69) is 4.65 Å². The molecule has 0 unspecified atom stereocenters. The monoisotopic (exact) mass is 114 g/mol. The van der Waals surface area contributed by atoms with Gasteiger partial charge in [-0.25, -0.2) is 0 Å². The maximum absolute atomic E-state index is 8.59. The maximum Gasteiger partial charge on any atom is 0.282 e. The Kier molecular flexibility index (Phi) is 3.09. The fourth-order valence-corrected chi connectivity index (χ4v) is 0.271. The fraction of sp³-hybridized carbons (Fsp3) is 1.00. The van der Waals surface area contributed by atoms with E-state index in [0.717, 1.165) is 0 Å². The van der Waals surface area contributed by atoms with E-state index in [0.29, 0.717) is 6.61 Å². The third kappa shape index (κ3) is 3.05. The van der Waals surface area contributed by atoms with Gasteiger partial charge in [-0.2, -0.15) is 0 Å². The first kappa shape index (κ1) is 7.98.